The van der Waals surface area contributed by atoms with Crippen molar-refractivity contribution < 1.29 is 12.3 Å². The van der Waals surface area contributed by atoms with Crippen LogP contribution in [0.4, 0.5) is 3.89 Å². The van der Waals surface area contributed by atoms with E-state index >= 15 is 0 Å². The zero-order chi connectivity index (χ0) is 9.35. The lowest BCUT2D eigenvalue weighted by molar-refractivity contribution is 0.551. The van der Waals surface area contributed by atoms with E-state index in [-0.39, 0.29) is 5.02 Å². The van der Waals surface area contributed by atoms with Crippen LogP contribution in [0.2, 0.25) is 10.2 Å². The summed E-state index contributed by atoms with van der Waals surface area (Å²) >= 11 is 10.7. The highest BCUT2D eigenvalue weighted by Crippen LogP contribution is 2.23. The van der Waals surface area contributed by atoms with Gasteiger partial charge < -0.3 is 0 Å². The lowest BCUT2D eigenvalue weighted by Crippen LogP contribution is -1.94. The van der Waals surface area contributed by atoms with Crippen molar-refractivity contribution in [1.82, 2.24) is 4.98 Å². The molecule has 12 heavy (non-hydrogen) atoms. The molecule has 0 amide bonds. The minimum absolute atomic E-state index is 0.00984. The summed E-state index contributed by atoms with van der Waals surface area (Å²) in [5.41, 5.74) is 0. The highest BCUT2D eigenvalue weighted by atomic mass is 35.5. The van der Waals surface area contributed by atoms with Crippen LogP contribution in [0, 0.1) is 0 Å². The average molecular weight is 230 g/mol. The Morgan fingerprint density at radius 3 is 2.42 bits per heavy atom. The van der Waals surface area contributed by atoms with Crippen molar-refractivity contribution in [3.63, 3.8) is 0 Å². The van der Waals surface area contributed by atoms with E-state index in [4.69, 9.17) is 23.2 Å². The monoisotopic (exact) mass is 229 g/mol. The van der Waals surface area contributed by atoms with Crippen molar-refractivity contribution in [2.24, 2.45) is 0 Å². The molecular formula is C5H2Cl2FNO2S. The molecule has 0 fully saturated rings. The minimum atomic E-state index is -4.83. The Morgan fingerprint density at radius 2 is 2.00 bits per heavy atom. The van der Waals surface area contributed by atoms with E-state index in [2.05, 4.69) is 4.98 Å². The average Bonchev–Trinajstić information content (AvgIpc) is 1.92. The van der Waals surface area contributed by atoms with Crippen molar-refractivity contribution in [2.75, 3.05) is 0 Å². The molecule has 3 nitrogen and oxygen atoms in total. The summed E-state index contributed by atoms with van der Waals surface area (Å²) in [5, 5.41) is -0.419. The van der Waals surface area contributed by atoms with Gasteiger partial charge in [0.05, 0.1) is 5.02 Å². The maximum atomic E-state index is 12.4. The summed E-state index contributed by atoms with van der Waals surface area (Å²) in [5.74, 6) is 0. The fourth-order valence-electron chi connectivity index (χ4n) is 0.575. The van der Waals surface area contributed by atoms with E-state index in [1.165, 1.54) is 0 Å². The van der Waals surface area contributed by atoms with E-state index in [1.807, 2.05) is 0 Å². The van der Waals surface area contributed by atoms with Gasteiger partial charge in [-0.2, -0.15) is 8.42 Å². The maximum absolute atomic E-state index is 12.4. The molecule has 0 aromatic carbocycles. The Bertz CT molecular complexity index is 406. The van der Waals surface area contributed by atoms with Gasteiger partial charge in [0.25, 0.3) is 0 Å². The van der Waals surface area contributed by atoms with Crippen LogP contribution in [-0.2, 0) is 10.2 Å². The molecule has 0 aliphatic carbocycles. The van der Waals surface area contributed by atoms with Gasteiger partial charge >= 0.3 is 10.2 Å². The zero-order valence-electron chi connectivity index (χ0n) is 5.46. The minimum Gasteiger partial charge on any atom is -0.242 e. The molecule has 1 aromatic rings. The molecule has 66 valence electrons. The van der Waals surface area contributed by atoms with Crippen LogP contribution in [0.1, 0.15) is 0 Å². The first-order valence-electron chi connectivity index (χ1n) is 2.67. The van der Waals surface area contributed by atoms with Crippen molar-refractivity contribution in [3.8, 4) is 0 Å². The van der Waals surface area contributed by atoms with Crippen LogP contribution in [0.25, 0.3) is 0 Å². The molecule has 1 heterocycles. The summed E-state index contributed by atoms with van der Waals surface area (Å²) in [4.78, 5) is 2.65. The quantitative estimate of drug-likeness (QED) is 0.547. The fraction of sp³-hybridized carbons (Fsp3) is 0. The Kier molecular flexibility index (Phi) is 2.55. The number of hydrogen-bond acceptors (Lipinski definition) is 3. The van der Waals surface area contributed by atoms with E-state index in [0.717, 1.165) is 12.3 Å². The third-order valence-corrected chi connectivity index (χ3v) is 2.49. The van der Waals surface area contributed by atoms with E-state index in [9.17, 15) is 12.3 Å². The Balaban J connectivity index is 3.43. The zero-order valence-corrected chi connectivity index (χ0v) is 7.79. The lowest BCUT2D eigenvalue weighted by Gasteiger charge is -1.96. The van der Waals surface area contributed by atoms with E-state index < -0.39 is 20.3 Å². The number of pyridine rings is 1. The molecule has 0 aliphatic heterocycles. The van der Waals surface area contributed by atoms with Crippen LogP contribution < -0.4 is 0 Å². The molecule has 1 rings (SSSR count). The van der Waals surface area contributed by atoms with Crippen LogP contribution in [-0.4, -0.2) is 13.4 Å². The van der Waals surface area contributed by atoms with Gasteiger partial charge in [-0.05, 0) is 6.07 Å². The van der Waals surface area contributed by atoms with E-state index in [1.54, 1.807) is 0 Å². The molecule has 0 atom stereocenters. The summed E-state index contributed by atoms with van der Waals surface area (Å²) in [6, 6.07) is 0.895. The second-order valence-electron chi connectivity index (χ2n) is 1.88. The first kappa shape index (κ1) is 9.70. The van der Waals surface area contributed by atoms with Crippen molar-refractivity contribution >= 4 is 33.4 Å². The Hall–Kier alpha value is -0.390. The number of nitrogens with zero attached hydrogens (tertiary/aromatic N) is 1. The molecule has 0 bridgehead atoms. The van der Waals surface area contributed by atoms with Gasteiger partial charge in [0.15, 0.2) is 0 Å². The van der Waals surface area contributed by atoms with Gasteiger partial charge in [0, 0.05) is 6.20 Å². The Morgan fingerprint density at radius 1 is 1.42 bits per heavy atom. The third kappa shape index (κ3) is 2.06. The first-order chi connectivity index (χ1) is 5.41. The van der Waals surface area contributed by atoms with Crippen LogP contribution in [0.15, 0.2) is 17.2 Å². The molecule has 0 aliphatic rings. The predicted molar refractivity (Wildman–Crippen MR) is 42.6 cm³/mol. The van der Waals surface area contributed by atoms with Gasteiger partial charge in [0.2, 0.25) is 0 Å². The van der Waals surface area contributed by atoms with Crippen LogP contribution in [0.3, 0.4) is 0 Å². The van der Waals surface area contributed by atoms with Gasteiger partial charge in [-0.3, -0.25) is 0 Å². The molecule has 0 N–H and O–H groups in total. The molecule has 0 spiro atoms. The first-order valence-corrected chi connectivity index (χ1v) is 4.81. The standard InChI is InChI=1S/C5H2Cl2FNO2S/c6-3-1-4(12(8,10)11)5(7)9-2-3/h1-2H. The van der Waals surface area contributed by atoms with Crippen molar-refractivity contribution in [1.29, 1.82) is 0 Å². The fourth-order valence-corrected chi connectivity index (χ4v) is 1.70. The number of hydrogen-bond donors (Lipinski definition) is 0. The van der Waals surface area contributed by atoms with Gasteiger partial charge in [-0.1, -0.05) is 23.2 Å². The summed E-state index contributed by atoms with van der Waals surface area (Å²) in [6.07, 6.45) is 1.12. The number of halogens is 3. The van der Waals surface area contributed by atoms with E-state index in [0.29, 0.717) is 0 Å². The molecule has 0 radical (unpaired) electrons. The highest BCUT2D eigenvalue weighted by Gasteiger charge is 2.17. The number of aromatic nitrogens is 1. The van der Waals surface area contributed by atoms with Crippen LogP contribution in [0.5, 0.6) is 0 Å². The molecule has 0 saturated heterocycles. The molecule has 0 saturated carbocycles. The normalized spacial score (nSPS) is 11.6. The molecule has 1 aromatic heterocycles. The highest BCUT2D eigenvalue weighted by molar-refractivity contribution is 7.86. The van der Waals surface area contributed by atoms with Gasteiger partial charge in [-0.15, -0.1) is 3.89 Å². The van der Waals surface area contributed by atoms with Crippen molar-refractivity contribution in [3.05, 3.63) is 22.4 Å². The van der Waals surface area contributed by atoms with Crippen molar-refractivity contribution in [2.45, 2.75) is 4.90 Å². The van der Waals surface area contributed by atoms with Crippen LogP contribution >= 0.6 is 23.2 Å². The SMILES string of the molecule is O=S(=O)(F)c1cc(Cl)cnc1Cl. The lowest BCUT2D eigenvalue weighted by atomic mass is 10.5. The Labute approximate surface area is 78.3 Å². The molecular weight excluding hydrogens is 228 g/mol. The summed E-state index contributed by atoms with van der Waals surface area (Å²) in [6.45, 7) is 0. The topological polar surface area (TPSA) is 47.0 Å². The smallest absolute Gasteiger partial charge is 0.242 e. The predicted octanol–water partition coefficient (Wildman–Crippen LogP) is 2.05. The molecule has 0 unspecified atom stereocenters. The third-order valence-electron chi connectivity index (χ3n) is 1.04. The number of rotatable bonds is 1. The largest absolute Gasteiger partial charge is 0.335 e. The summed E-state index contributed by atoms with van der Waals surface area (Å²) < 4.78 is 33.1. The second kappa shape index (κ2) is 3.16. The van der Waals surface area contributed by atoms with Gasteiger partial charge in [0.1, 0.15) is 10.0 Å². The molecule has 7 heteroatoms. The van der Waals surface area contributed by atoms with Gasteiger partial charge in [-0.25, -0.2) is 4.98 Å². The summed E-state index contributed by atoms with van der Waals surface area (Å²) in [7, 11) is -4.83. The second-order valence-corrected chi connectivity index (χ2v) is 3.99. The maximum Gasteiger partial charge on any atom is 0.335 e.